The van der Waals surface area contributed by atoms with Crippen LogP contribution in [-0.4, -0.2) is 93.2 Å². The van der Waals surface area contributed by atoms with Gasteiger partial charge in [-0.15, -0.1) is 0 Å². The van der Waals surface area contributed by atoms with Crippen molar-refractivity contribution in [2.24, 2.45) is 0 Å². The van der Waals surface area contributed by atoms with Crippen molar-refractivity contribution in [3.8, 4) is 23.2 Å². The van der Waals surface area contributed by atoms with Crippen molar-refractivity contribution in [3.05, 3.63) is 89.9 Å². The first-order valence-corrected chi connectivity index (χ1v) is 23.9. The number of alkyl halides is 3. The Labute approximate surface area is 363 Å². The van der Waals surface area contributed by atoms with Crippen LogP contribution in [0.4, 0.5) is 24.7 Å². The summed E-state index contributed by atoms with van der Waals surface area (Å²) in [6, 6.07) is 15.2. The number of sulfone groups is 1. The first-order chi connectivity index (χ1) is 29.7. The zero-order chi connectivity index (χ0) is 45.4. The molecule has 0 radical (unpaired) electrons. The van der Waals surface area contributed by atoms with Crippen LogP contribution in [0.5, 0.6) is 5.75 Å². The third-order valence-corrected chi connectivity index (χ3v) is 15.4. The highest BCUT2D eigenvalue weighted by atomic mass is 32.2. The van der Waals surface area contributed by atoms with E-state index in [0.29, 0.717) is 75.5 Å². The normalized spacial score (nSPS) is 18.3. The summed E-state index contributed by atoms with van der Waals surface area (Å²) in [5.74, 6) is -0.690. The number of carbonyl (C=O) groups excluding carboxylic acids is 1. The van der Waals surface area contributed by atoms with Gasteiger partial charge in [0.05, 0.1) is 73.9 Å². The number of morpholine rings is 1. The number of aryl methyl sites for hydroxylation is 1. The number of rotatable bonds is 16. The Hall–Kier alpha value is -5.62. The van der Waals surface area contributed by atoms with Crippen LogP contribution in [0.25, 0.3) is 22.4 Å². The summed E-state index contributed by atoms with van der Waals surface area (Å²) in [7, 11) is -7.18. The second-order valence-electron chi connectivity index (χ2n) is 16.2. The van der Waals surface area contributed by atoms with Crippen molar-refractivity contribution in [3.63, 3.8) is 0 Å². The van der Waals surface area contributed by atoms with Crippen molar-refractivity contribution in [1.82, 2.24) is 19.5 Å². The number of aliphatic hydroxyl groups is 1. The second-order valence-corrected chi connectivity index (χ2v) is 20.7. The number of hydrogen-bond acceptors (Lipinski definition) is 13. The minimum Gasteiger partial charge on any atom is -0.494 e. The number of hydrogen-bond donors (Lipinski definition) is 3. The van der Waals surface area contributed by atoms with Gasteiger partial charge in [-0.2, -0.15) is 18.4 Å². The quantitative estimate of drug-likeness (QED) is 0.0884. The highest BCUT2D eigenvalue weighted by Gasteiger charge is 2.53. The van der Waals surface area contributed by atoms with Gasteiger partial charge >= 0.3 is 6.18 Å². The molecule has 20 heteroatoms. The number of anilines is 2. The lowest BCUT2D eigenvalue weighted by molar-refractivity contribution is -0.137. The fraction of sp³-hybridized carbons (Fsp3) is 0.419. The molecule has 1 unspecified atom stereocenters. The molecule has 0 bridgehead atoms. The Kier molecular flexibility index (Phi) is 12.6. The molecule has 334 valence electrons. The summed E-state index contributed by atoms with van der Waals surface area (Å²) < 4.78 is 101. The number of nitriles is 1. The maximum atomic E-state index is 13.4. The average Bonchev–Trinajstić information content (AvgIpc) is 3.97. The van der Waals surface area contributed by atoms with Crippen LogP contribution >= 0.6 is 0 Å². The first-order valence-electron chi connectivity index (χ1n) is 20.2. The molecule has 15 nitrogen and oxygen atoms in total. The van der Waals surface area contributed by atoms with E-state index < -0.39 is 58.9 Å². The van der Waals surface area contributed by atoms with E-state index in [1.54, 1.807) is 6.20 Å². The van der Waals surface area contributed by atoms with Crippen molar-refractivity contribution in [2.75, 3.05) is 48.6 Å². The number of benzene rings is 2. The first kappa shape index (κ1) is 45.4. The van der Waals surface area contributed by atoms with Gasteiger partial charge < -0.3 is 29.4 Å². The van der Waals surface area contributed by atoms with Gasteiger partial charge in [0.15, 0.2) is 21.3 Å². The van der Waals surface area contributed by atoms with E-state index in [2.05, 4.69) is 26.7 Å². The zero-order valence-corrected chi connectivity index (χ0v) is 36.4. The van der Waals surface area contributed by atoms with Crippen LogP contribution < -0.4 is 15.0 Å². The Morgan fingerprint density at radius 3 is 2.49 bits per heavy atom. The molecule has 0 spiro atoms. The number of ether oxygens (including phenoxy) is 2. The SMILES string of the molecule is C[C@@H]1COCCN1c1cc(C2(S(C)(=N)=O)CC2)nc(-c2ccnc3c2ccn3CCCCCOc2ccc(S(=O)(=O)C[C@](C)(O)C(=O)Nc3ccc(C#N)c(C(F)(F)F)c3)cc2)n1. The molecule has 1 aliphatic heterocycles. The fourth-order valence-electron chi connectivity index (χ4n) is 7.66. The van der Waals surface area contributed by atoms with E-state index in [9.17, 15) is 35.7 Å². The highest BCUT2D eigenvalue weighted by Crippen LogP contribution is 2.53. The molecule has 4 heterocycles. The maximum Gasteiger partial charge on any atom is 0.417 e. The minimum absolute atomic E-state index is 0.0792. The molecule has 5 aromatic rings. The molecule has 3 N–H and O–H groups in total. The summed E-state index contributed by atoms with van der Waals surface area (Å²) in [4.78, 5) is 29.4. The van der Waals surface area contributed by atoms with Gasteiger partial charge in [0.1, 0.15) is 17.2 Å². The van der Waals surface area contributed by atoms with Gasteiger partial charge in [-0.25, -0.2) is 27.6 Å². The molecule has 2 fully saturated rings. The molecule has 1 saturated carbocycles. The lowest BCUT2D eigenvalue weighted by Crippen LogP contribution is -2.45. The van der Waals surface area contributed by atoms with Crippen molar-refractivity contribution in [2.45, 2.75) is 80.0 Å². The van der Waals surface area contributed by atoms with Crippen molar-refractivity contribution >= 4 is 48.0 Å². The van der Waals surface area contributed by atoms with E-state index in [1.807, 2.05) is 24.4 Å². The zero-order valence-electron chi connectivity index (χ0n) is 34.8. The molecule has 2 aromatic carbocycles. The predicted octanol–water partition coefficient (Wildman–Crippen LogP) is 6.69. The number of aromatic nitrogens is 4. The lowest BCUT2D eigenvalue weighted by Gasteiger charge is -2.35. The molecule has 1 saturated heterocycles. The fourth-order valence-corrected chi connectivity index (χ4v) is 10.6. The summed E-state index contributed by atoms with van der Waals surface area (Å²) in [5.41, 5.74) is -2.66. The highest BCUT2D eigenvalue weighted by molar-refractivity contribution is 7.93. The summed E-state index contributed by atoms with van der Waals surface area (Å²) in [6.07, 6.45) is 3.87. The molecule has 3 aromatic heterocycles. The minimum atomic E-state index is -4.88. The Balaban J connectivity index is 0.934. The largest absolute Gasteiger partial charge is 0.494 e. The standard InChI is InChI=1S/C43H47F3N8O7S2/c1-28-26-60-22-20-54(28)37-24-36(42(15-16-42)62(3,48)57)51-38(52-37)33-13-17-49-39-34(33)14-19-53(39)18-5-4-6-21-61-31-9-11-32(12-10-31)63(58,59)27-41(2,56)40(55)50-30-8-7-29(25-47)35(23-30)43(44,45)46/h7-14,17,19,23-24,28,48,56H,4-6,15-16,18,20-22,26-27H2,1-3H3,(H,50,55)/t28-,41+,62?/m1/s1. The van der Waals surface area contributed by atoms with E-state index in [1.165, 1.54) is 36.6 Å². The smallest absolute Gasteiger partial charge is 0.417 e. The Bertz CT molecular complexity index is 2790. The monoisotopic (exact) mass is 908 g/mol. The van der Waals surface area contributed by atoms with Gasteiger partial charge in [0.25, 0.3) is 5.91 Å². The molecule has 63 heavy (non-hydrogen) atoms. The van der Waals surface area contributed by atoms with Gasteiger partial charge in [-0.05, 0) is 101 Å². The predicted molar refractivity (Wildman–Crippen MR) is 229 cm³/mol. The summed E-state index contributed by atoms with van der Waals surface area (Å²) >= 11 is 0. The number of unbranched alkanes of at least 4 members (excludes halogenated alkanes) is 2. The molecule has 7 rings (SSSR count). The third kappa shape index (κ3) is 9.81. The number of amides is 1. The number of pyridine rings is 1. The van der Waals surface area contributed by atoms with E-state index in [4.69, 9.17) is 29.5 Å². The van der Waals surface area contributed by atoms with Gasteiger partial charge in [0, 0.05) is 54.4 Å². The van der Waals surface area contributed by atoms with E-state index >= 15 is 0 Å². The van der Waals surface area contributed by atoms with E-state index in [-0.39, 0.29) is 16.6 Å². The summed E-state index contributed by atoms with van der Waals surface area (Å²) in [6.45, 7) is 5.81. The molecule has 1 amide bonds. The third-order valence-electron chi connectivity index (χ3n) is 11.4. The average molecular weight is 909 g/mol. The lowest BCUT2D eigenvalue weighted by atomic mass is 10.1. The number of fused-ring (bicyclic) bond motifs is 1. The van der Waals surface area contributed by atoms with E-state index in [0.717, 1.165) is 54.3 Å². The number of halogens is 3. The van der Waals surface area contributed by atoms with Crippen LogP contribution in [0, 0.1) is 16.1 Å². The van der Waals surface area contributed by atoms with Crippen LogP contribution in [0.2, 0.25) is 0 Å². The topological polar surface area (TPSA) is 213 Å². The molecular formula is C43H47F3N8O7S2. The Morgan fingerprint density at radius 2 is 1.83 bits per heavy atom. The van der Waals surface area contributed by atoms with Gasteiger partial charge in [-0.3, -0.25) is 9.57 Å². The van der Waals surface area contributed by atoms with Crippen LogP contribution in [0.1, 0.15) is 62.8 Å². The number of nitrogens with one attached hydrogen (secondary N) is 2. The second kappa shape index (κ2) is 17.5. The van der Waals surface area contributed by atoms with Gasteiger partial charge in [-0.1, -0.05) is 0 Å². The van der Waals surface area contributed by atoms with Crippen LogP contribution in [0.15, 0.2) is 78.0 Å². The number of nitrogens with zero attached hydrogens (tertiary/aromatic N) is 6. The van der Waals surface area contributed by atoms with Gasteiger partial charge in [0.2, 0.25) is 0 Å². The van der Waals surface area contributed by atoms with Crippen molar-refractivity contribution in [1.29, 1.82) is 10.0 Å². The molecular weight excluding hydrogens is 862 g/mol. The van der Waals surface area contributed by atoms with Crippen LogP contribution in [-0.2, 0) is 46.6 Å². The molecule has 1 aliphatic carbocycles. The maximum absolute atomic E-state index is 13.4. The Morgan fingerprint density at radius 1 is 1.08 bits per heavy atom. The van der Waals surface area contributed by atoms with Crippen LogP contribution in [0.3, 0.4) is 0 Å². The molecule has 3 atom stereocenters. The summed E-state index contributed by atoms with van der Waals surface area (Å²) in [5, 5.41) is 22.8. The molecule has 2 aliphatic rings. The number of carbonyl (C=O) groups is 1. The van der Waals surface area contributed by atoms with Crippen molar-refractivity contribution < 1.29 is 45.2 Å².